The van der Waals surface area contributed by atoms with Crippen LogP contribution in [-0.4, -0.2) is 16.7 Å². The maximum absolute atomic E-state index is 14.3. The van der Waals surface area contributed by atoms with Crippen LogP contribution in [0.25, 0.3) is 5.70 Å². The van der Waals surface area contributed by atoms with Crippen molar-refractivity contribution in [1.82, 2.24) is 4.98 Å². The van der Waals surface area contributed by atoms with E-state index < -0.39 is 40.5 Å². The molecule has 6 N–H and O–H groups in total. The molecule has 0 saturated heterocycles. The van der Waals surface area contributed by atoms with Gasteiger partial charge < -0.3 is 11.5 Å². The number of anilines is 1. The summed E-state index contributed by atoms with van der Waals surface area (Å²) in [4.78, 5) is 20.1. The average molecular weight is 426 g/mol. The van der Waals surface area contributed by atoms with Crippen molar-refractivity contribution in [2.24, 2.45) is 22.3 Å². The van der Waals surface area contributed by atoms with Gasteiger partial charge in [-0.2, -0.15) is 4.99 Å². The van der Waals surface area contributed by atoms with E-state index in [-0.39, 0.29) is 11.4 Å². The quantitative estimate of drug-likeness (QED) is 0.189. The summed E-state index contributed by atoms with van der Waals surface area (Å²) in [6, 6.07) is 11.1. The molecule has 0 saturated carbocycles. The summed E-state index contributed by atoms with van der Waals surface area (Å²) in [6.07, 6.45) is 2.84. The van der Waals surface area contributed by atoms with Gasteiger partial charge in [0.25, 0.3) is 5.91 Å². The van der Waals surface area contributed by atoms with Gasteiger partial charge in [-0.15, -0.1) is 0 Å². The van der Waals surface area contributed by atoms with Crippen molar-refractivity contribution < 1.29 is 18.0 Å². The summed E-state index contributed by atoms with van der Waals surface area (Å²) in [7, 11) is 0. The van der Waals surface area contributed by atoms with Crippen LogP contribution in [0.1, 0.15) is 11.1 Å². The molecule has 31 heavy (non-hydrogen) atoms. The van der Waals surface area contributed by atoms with E-state index in [1.54, 1.807) is 6.07 Å². The highest BCUT2D eigenvalue weighted by molar-refractivity contribution is 6.11. The Balaban J connectivity index is 2.10. The maximum Gasteiger partial charge on any atom is 0.297 e. The first-order valence-electron chi connectivity index (χ1n) is 8.83. The lowest BCUT2D eigenvalue weighted by atomic mass is 10.1. The van der Waals surface area contributed by atoms with E-state index in [0.29, 0.717) is 5.56 Å². The number of amidine groups is 1. The second-order valence-corrected chi connectivity index (χ2v) is 6.25. The second kappa shape index (κ2) is 9.09. The van der Waals surface area contributed by atoms with E-state index in [0.717, 1.165) is 23.2 Å². The molecule has 10 heteroatoms. The largest absolute Gasteiger partial charge is 0.392 e. The number of nitrogens with two attached hydrogens (primary N) is 3. The number of pyridine rings is 1. The Morgan fingerprint density at radius 2 is 1.61 bits per heavy atom. The Bertz CT molecular complexity index is 1180. The van der Waals surface area contributed by atoms with Crippen LogP contribution < -0.4 is 22.3 Å². The number of benzene rings is 2. The molecule has 7 nitrogen and oxygen atoms in total. The number of nitrogens with zero attached hydrogens (tertiary/aromatic N) is 3. The van der Waals surface area contributed by atoms with Crippen LogP contribution in [-0.2, 0) is 4.79 Å². The topological polar surface area (TPSA) is 124 Å². The number of aliphatic imine (C=N–C) groups is 1. The molecule has 2 aromatic carbocycles. The standard InChI is InChI=1S/C21H17F3N6O/c22-13-5-6-15(23)14(11-13)20(26)29-21(31)18(25)19(12-7-9-28-10-8-12)30(27)17-4-2-1-3-16(17)24/h1-11H,25,27H2,(H2,26,29,31)/b19-18-. The normalized spacial score (nSPS) is 12.3. The lowest BCUT2D eigenvalue weighted by Crippen LogP contribution is -2.34. The molecule has 0 atom stereocenters. The third-order valence-electron chi connectivity index (χ3n) is 4.22. The molecule has 1 heterocycles. The first kappa shape index (κ1) is 21.5. The predicted octanol–water partition coefficient (Wildman–Crippen LogP) is 2.44. The van der Waals surface area contributed by atoms with E-state index in [1.807, 2.05) is 0 Å². The molecule has 1 amide bonds. The number of carbonyl (C=O) groups is 1. The zero-order valence-electron chi connectivity index (χ0n) is 16.0. The van der Waals surface area contributed by atoms with Crippen molar-refractivity contribution >= 4 is 23.1 Å². The number of halogens is 3. The maximum atomic E-state index is 14.3. The van der Waals surface area contributed by atoms with Crippen molar-refractivity contribution in [2.45, 2.75) is 0 Å². The molecule has 0 fully saturated rings. The van der Waals surface area contributed by atoms with Crippen LogP contribution in [0.4, 0.5) is 18.9 Å². The number of para-hydroxylation sites is 1. The Morgan fingerprint density at radius 3 is 2.29 bits per heavy atom. The van der Waals surface area contributed by atoms with Gasteiger partial charge in [-0.05, 0) is 42.5 Å². The number of rotatable bonds is 5. The summed E-state index contributed by atoms with van der Waals surface area (Å²) < 4.78 is 41.6. The molecule has 158 valence electrons. The zero-order valence-corrected chi connectivity index (χ0v) is 16.0. The molecule has 0 aliphatic heterocycles. The van der Waals surface area contributed by atoms with Crippen molar-refractivity contribution in [3.8, 4) is 0 Å². The minimum absolute atomic E-state index is 0.0711. The third-order valence-corrected chi connectivity index (χ3v) is 4.22. The molecular formula is C21H17F3N6O. The summed E-state index contributed by atoms with van der Waals surface area (Å²) in [5, 5.41) is 0.881. The SMILES string of the molecule is NC(=NC(=O)/C(N)=C(\c1ccncc1)N(N)c1ccccc1F)c1cc(F)ccc1F. The van der Waals surface area contributed by atoms with Gasteiger partial charge in [-0.3, -0.25) is 14.8 Å². The highest BCUT2D eigenvalue weighted by Crippen LogP contribution is 2.27. The number of hydrazine groups is 1. The number of carbonyl (C=O) groups excluding carboxylic acids is 1. The monoisotopic (exact) mass is 426 g/mol. The van der Waals surface area contributed by atoms with Gasteiger partial charge in [0.1, 0.15) is 29.0 Å². The molecule has 3 rings (SSSR count). The molecule has 0 bridgehead atoms. The Hall–Kier alpha value is -4.18. The Labute approximate surface area is 175 Å². The van der Waals surface area contributed by atoms with Crippen molar-refractivity contribution in [1.29, 1.82) is 0 Å². The van der Waals surface area contributed by atoms with Crippen LogP contribution >= 0.6 is 0 Å². The van der Waals surface area contributed by atoms with Crippen LogP contribution in [0.15, 0.2) is 77.7 Å². The molecule has 1 aromatic heterocycles. The van der Waals surface area contributed by atoms with Gasteiger partial charge in [0.2, 0.25) is 0 Å². The number of hydrogen-bond donors (Lipinski definition) is 3. The second-order valence-electron chi connectivity index (χ2n) is 6.25. The van der Waals surface area contributed by atoms with Crippen molar-refractivity contribution in [3.63, 3.8) is 0 Å². The summed E-state index contributed by atoms with van der Waals surface area (Å²) in [5.41, 5.74) is 11.0. The Kier molecular flexibility index (Phi) is 6.32. The van der Waals surface area contributed by atoms with E-state index in [4.69, 9.17) is 17.3 Å². The predicted molar refractivity (Wildman–Crippen MR) is 111 cm³/mol. The van der Waals surface area contributed by atoms with E-state index >= 15 is 0 Å². The highest BCUT2D eigenvalue weighted by Gasteiger charge is 2.22. The van der Waals surface area contributed by atoms with Crippen LogP contribution in [0.2, 0.25) is 0 Å². The summed E-state index contributed by atoms with van der Waals surface area (Å²) >= 11 is 0. The molecule has 0 aliphatic carbocycles. The third kappa shape index (κ3) is 4.70. The van der Waals surface area contributed by atoms with Crippen LogP contribution in [0.5, 0.6) is 0 Å². The fourth-order valence-corrected chi connectivity index (χ4v) is 2.73. The highest BCUT2D eigenvalue weighted by atomic mass is 19.1. The van der Waals surface area contributed by atoms with Gasteiger partial charge >= 0.3 is 0 Å². The van der Waals surface area contributed by atoms with Crippen molar-refractivity contribution in [2.75, 3.05) is 5.01 Å². The van der Waals surface area contributed by atoms with Gasteiger partial charge in [-0.25, -0.2) is 19.0 Å². The number of amides is 1. The molecule has 0 radical (unpaired) electrons. The average Bonchev–Trinajstić information content (AvgIpc) is 2.76. The zero-order chi connectivity index (χ0) is 22.5. The van der Waals surface area contributed by atoms with Gasteiger partial charge in [-0.1, -0.05) is 12.1 Å². The molecular weight excluding hydrogens is 409 g/mol. The molecule has 0 unspecified atom stereocenters. The summed E-state index contributed by atoms with van der Waals surface area (Å²) in [5.74, 6) is 2.11. The first-order chi connectivity index (χ1) is 14.8. The van der Waals surface area contributed by atoms with Crippen LogP contribution in [0.3, 0.4) is 0 Å². The smallest absolute Gasteiger partial charge is 0.297 e. The molecule has 3 aromatic rings. The van der Waals surface area contributed by atoms with Gasteiger partial charge in [0.05, 0.1) is 16.9 Å². The van der Waals surface area contributed by atoms with Gasteiger partial charge in [0.15, 0.2) is 0 Å². The number of aromatic nitrogens is 1. The van der Waals surface area contributed by atoms with Crippen LogP contribution in [0, 0.1) is 17.5 Å². The fraction of sp³-hybridized carbons (Fsp3) is 0. The lowest BCUT2D eigenvalue weighted by Gasteiger charge is -2.24. The minimum atomic E-state index is -1.08. The van der Waals surface area contributed by atoms with Gasteiger partial charge in [0, 0.05) is 18.0 Å². The summed E-state index contributed by atoms with van der Waals surface area (Å²) in [6.45, 7) is 0. The van der Waals surface area contributed by atoms with E-state index in [9.17, 15) is 18.0 Å². The fourth-order valence-electron chi connectivity index (χ4n) is 2.73. The van der Waals surface area contributed by atoms with E-state index in [1.165, 1.54) is 42.7 Å². The van der Waals surface area contributed by atoms with Crippen molar-refractivity contribution in [3.05, 3.63) is 101 Å². The molecule has 0 aliphatic rings. The number of hydrogen-bond acceptors (Lipinski definition) is 5. The Morgan fingerprint density at radius 1 is 0.935 bits per heavy atom. The lowest BCUT2D eigenvalue weighted by molar-refractivity contribution is -0.114. The van der Waals surface area contributed by atoms with E-state index in [2.05, 4.69) is 9.98 Å². The minimum Gasteiger partial charge on any atom is -0.392 e. The molecule has 0 spiro atoms. The first-order valence-corrected chi connectivity index (χ1v) is 8.83.